The minimum atomic E-state index is -0.770. The number of hydrogen-bond acceptors (Lipinski definition) is 6. The Labute approximate surface area is 127 Å². The molecule has 118 valence electrons. The maximum Gasteiger partial charge on any atom is 0.226 e. The van der Waals surface area contributed by atoms with E-state index in [-0.39, 0.29) is 18.6 Å². The van der Waals surface area contributed by atoms with Crippen LogP contribution >= 0.6 is 11.8 Å². The monoisotopic (exact) mass is 315 g/mol. The van der Waals surface area contributed by atoms with Crippen molar-refractivity contribution in [3.05, 3.63) is 18.2 Å². The van der Waals surface area contributed by atoms with Gasteiger partial charge in [-0.1, -0.05) is 0 Å². The number of aliphatic hydroxyl groups excluding tert-OH is 2. The summed E-state index contributed by atoms with van der Waals surface area (Å²) in [6.45, 7) is 0.781. The van der Waals surface area contributed by atoms with Gasteiger partial charge in [-0.3, -0.25) is 4.79 Å². The van der Waals surface area contributed by atoms with Crippen LogP contribution in [0.2, 0.25) is 0 Å². The molecular weight excluding hydrogens is 294 g/mol. The van der Waals surface area contributed by atoms with Crippen LogP contribution in [-0.2, 0) is 16.0 Å². The number of aromatic nitrogens is 2. The van der Waals surface area contributed by atoms with Gasteiger partial charge >= 0.3 is 0 Å². The number of nitrogens with one attached hydrogen (secondary N) is 2. The first kappa shape index (κ1) is 16.3. The molecule has 1 aromatic heterocycles. The van der Waals surface area contributed by atoms with E-state index in [1.807, 2.05) is 0 Å². The van der Waals surface area contributed by atoms with Crippen molar-refractivity contribution >= 4 is 17.7 Å². The van der Waals surface area contributed by atoms with Crippen molar-refractivity contribution in [2.45, 2.75) is 31.2 Å². The second-order valence-electron chi connectivity index (χ2n) is 5.00. The van der Waals surface area contributed by atoms with Gasteiger partial charge in [0.2, 0.25) is 5.91 Å². The fourth-order valence-electron chi connectivity index (χ4n) is 2.05. The molecule has 21 heavy (non-hydrogen) atoms. The quantitative estimate of drug-likeness (QED) is 0.496. The normalized spacial score (nSPS) is 25.7. The highest BCUT2D eigenvalue weighted by atomic mass is 32.2. The Morgan fingerprint density at radius 1 is 1.52 bits per heavy atom. The predicted molar refractivity (Wildman–Crippen MR) is 79.0 cm³/mol. The molecule has 8 heteroatoms. The van der Waals surface area contributed by atoms with Crippen LogP contribution in [0.1, 0.15) is 12.1 Å². The maximum atomic E-state index is 11.6. The highest BCUT2D eigenvalue weighted by Gasteiger charge is 2.27. The second-order valence-corrected chi connectivity index (χ2v) is 6.15. The van der Waals surface area contributed by atoms with Crippen LogP contribution in [0.15, 0.2) is 12.5 Å². The number of rotatable bonds is 7. The number of aromatic amines is 1. The van der Waals surface area contributed by atoms with Crippen molar-refractivity contribution in [2.75, 3.05) is 24.7 Å². The minimum absolute atomic E-state index is 0.0332. The van der Waals surface area contributed by atoms with E-state index in [0.717, 1.165) is 17.2 Å². The number of H-pyrrole nitrogens is 1. The molecule has 1 aliphatic heterocycles. The Morgan fingerprint density at radius 3 is 3.10 bits per heavy atom. The Bertz CT molecular complexity index is 429. The standard InChI is InChI=1S/C13H21N3O4S/c17-11-4-10(20-6-12(11)18)7-21-2-1-15-13(19)3-9-5-14-8-16-9/h5,8,10-12,17-18H,1-4,6-7H2,(H,14,16)(H,15,19). The van der Waals surface area contributed by atoms with E-state index in [2.05, 4.69) is 15.3 Å². The summed E-state index contributed by atoms with van der Waals surface area (Å²) in [6.07, 6.45) is 2.45. The third-order valence-electron chi connectivity index (χ3n) is 3.23. The van der Waals surface area contributed by atoms with Crippen LogP contribution in [0.4, 0.5) is 0 Å². The van der Waals surface area contributed by atoms with Gasteiger partial charge in [0.15, 0.2) is 0 Å². The molecule has 0 aromatic carbocycles. The molecule has 0 spiro atoms. The molecule has 1 aromatic rings. The van der Waals surface area contributed by atoms with Gasteiger partial charge in [0.05, 0.1) is 31.6 Å². The van der Waals surface area contributed by atoms with Gasteiger partial charge in [0.1, 0.15) is 6.10 Å². The van der Waals surface area contributed by atoms with Crippen LogP contribution in [-0.4, -0.2) is 69.1 Å². The summed E-state index contributed by atoms with van der Waals surface area (Å²) in [7, 11) is 0. The lowest BCUT2D eigenvalue weighted by molar-refractivity contribution is -0.120. The Balaban J connectivity index is 1.51. The van der Waals surface area contributed by atoms with Gasteiger partial charge in [-0.2, -0.15) is 11.8 Å². The molecule has 7 nitrogen and oxygen atoms in total. The summed E-state index contributed by atoms with van der Waals surface area (Å²) < 4.78 is 5.43. The molecule has 1 saturated heterocycles. The zero-order chi connectivity index (χ0) is 15.1. The lowest BCUT2D eigenvalue weighted by Gasteiger charge is -2.30. The summed E-state index contributed by atoms with van der Waals surface area (Å²) in [5.74, 6) is 1.50. The summed E-state index contributed by atoms with van der Waals surface area (Å²) in [6, 6.07) is 0. The van der Waals surface area contributed by atoms with Crippen LogP contribution < -0.4 is 5.32 Å². The number of ether oxygens (including phenoxy) is 1. The van der Waals surface area contributed by atoms with Crippen molar-refractivity contribution in [1.29, 1.82) is 0 Å². The van der Waals surface area contributed by atoms with Crippen LogP contribution in [0, 0.1) is 0 Å². The SMILES string of the molecule is O=C(Cc1cnc[nH]1)NCCSCC1CC(O)C(O)CO1. The van der Waals surface area contributed by atoms with Crippen LogP contribution in [0.5, 0.6) is 0 Å². The Kier molecular flexibility index (Phi) is 6.50. The molecule has 1 amide bonds. The first-order valence-electron chi connectivity index (χ1n) is 6.94. The van der Waals surface area contributed by atoms with E-state index < -0.39 is 12.2 Å². The van der Waals surface area contributed by atoms with Crippen LogP contribution in [0.25, 0.3) is 0 Å². The number of amides is 1. The number of hydrogen-bond donors (Lipinski definition) is 4. The molecular formula is C13H21N3O4S. The van der Waals surface area contributed by atoms with Crippen molar-refractivity contribution in [2.24, 2.45) is 0 Å². The summed E-state index contributed by atoms with van der Waals surface area (Å²) >= 11 is 1.66. The third-order valence-corrected chi connectivity index (χ3v) is 4.33. The number of nitrogens with zero attached hydrogens (tertiary/aromatic N) is 1. The minimum Gasteiger partial charge on any atom is -0.390 e. The van der Waals surface area contributed by atoms with E-state index in [1.165, 1.54) is 0 Å². The van der Waals surface area contributed by atoms with Crippen molar-refractivity contribution in [3.63, 3.8) is 0 Å². The molecule has 2 heterocycles. The lowest BCUT2D eigenvalue weighted by atomic mass is 10.1. The van der Waals surface area contributed by atoms with Gasteiger partial charge in [-0.25, -0.2) is 4.98 Å². The second kappa shape index (κ2) is 8.38. The summed E-state index contributed by atoms with van der Waals surface area (Å²) in [4.78, 5) is 18.3. The Hall–Kier alpha value is -1.09. The lowest BCUT2D eigenvalue weighted by Crippen LogP contribution is -2.42. The number of aliphatic hydroxyl groups is 2. The number of imidazole rings is 1. The van der Waals surface area contributed by atoms with E-state index in [0.29, 0.717) is 19.4 Å². The highest BCUT2D eigenvalue weighted by molar-refractivity contribution is 7.99. The molecule has 4 N–H and O–H groups in total. The number of carbonyl (C=O) groups excluding carboxylic acids is 1. The maximum absolute atomic E-state index is 11.6. The van der Waals surface area contributed by atoms with Gasteiger partial charge in [-0.05, 0) is 0 Å². The largest absolute Gasteiger partial charge is 0.390 e. The molecule has 1 fully saturated rings. The molecule has 0 radical (unpaired) electrons. The van der Waals surface area contributed by atoms with Crippen molar-refractivity contribution < 1.29 is 19.7 Å². The molecule has 0 aliphatic carbocycles. The first-order valence-corrected chi connectivity index (χ1v) is 8.10. The zero-order valence-corrected chi connectivity index (χ0v) is 12.5. The van der Waals surface area contributed by atoms with Gasteiger partial charge in [0.25, 0.3) is 0 Å². The molecule has 1 aliphatic rings. The van der Waals surface area contributed by atoms with E-state index in [1.54, 1.807) is 24.3 Å². The average molecular weight is 315 g/mol. The number of carbonyl (C=O) groups is 1. The van der Waals surface area contributed by atoms with Gasteiger partial charge in [-0.15, -0.1) is 0 Å². The van der Waals surface area contributed by atoms with Crippen LogP contribution in [0.3, 0.4) is 0 Å². The molecule has 0 saturated carbocycles. The molecule has 3 atom stereocenters. The fraction of sp³-hybridized carbons (Fsp3) is 0.692. The molecule has 2 rings (SSSR count). The topological polar surface area (TPSA) is 107 Å². The first-order chi connectivity index (χ1) is 10.1. The summed E-state index contributed by atoms with van der Waals surface area (Å²) in [5, 5.41) is 21.7. The third kappa shape index (κ3) is 5.66. The van der Waals surface area contributed by atoms with E-state index in [9.17, 15) is 15.0 Å². The molecule has 3 unspecified atom stereocenters. The van der Waals surface area contributed by atoms with Crippen molar-refractivity contribution in [1.82, 2.24) is 15.3 Å². The van der Waals surface area contributed by atoms with Crippen molar-refractivity contribution in [3.8, 4) is 0 Å². The fourth-order valence-corrected chi connectivity index (χ4v) is 2.96. The number of thioether (sulfide) groups is 1. The average Bonchev–Trinajstić information content (AvgIpc) is 2.95. The highest BCUT2D eigenvalue weighted by Crippen LogP contribution is 2.18. The van der Waals surface area contributed by atoms with Gasteiger partial charge < -0.3 is 25.3 Å². The summed E-state index contributed by atoms with van der Waals surface area (Å²) in [5.41, 5.74) is 0.795. The van der Waals surface area contributed by atoms with E-state index >= 15 is 0 Å². The molecule has 0 bridgehead atoms. The van der Waals surface area contributed by atoms with Gasteiger partial charge in [0, 0.05) is 36.4 Å². The Morgan fingerprint density at radius 2 is 2.38 bits per heavy atom. The predicted octanol–water partition coefficient (Wildman–Crippen LogP) is -0.688. The van der Waals surface area contributed by atoms with E-state index in [4.69, 9.17) is 4.74 Å². The smallest absolute Gasteiger partial charge is 0.226 e. The zero-order valence-electron chi connectivity index (χ0n) is 11.7.